The van der Waals surface area contributed by atoms with Crippen molar-refractivity contribution in [2.75, 3.05) is 7.11 Å². The molecule has 4 aromatic rings. The number of aryl methyl sites for hydroxylation is 1. The number of ether oxygens (including phenoxy) is 1. The number of methoxy groups -OCH3 is 1. The second-order valence-electron chi connectivity index (χ2n) is 4.82. The van der Waals surface area contributed by atoms with Crippen molar-refractivity contribution in [1.29, 1.82) is 0 Å². The largest absolute Gasteiger partial charge is 0.497 e. The summed E-state index contributed by atoms with van der Waals surface area (Å²) in [5.41, 5.74) is 3.37. The summed E-state index contributed by atoms with van der Waals surface area (Å²) in [6.07, 6.45) is 1.76. The highest BCUT2D eigenvalue weighted by atomic mass is 16.5. The van der Waals surface area contributed by atoms with Crippen LogP contribution in [0.2, 0.25) is 0 Å². The van der Waals surface area contributed by atoms with Crippen LogP contribution in [-0.2, 0) is 0 Å². The van der Waals surface area contributed by atoms with Gasteiger partial charge in [0.1, 0.15) is 11.3 Å². The molecule has 3 heterocycles. The number of pyridine rings is 1. The van der Waals surface area contributed by atoms with Crippen molar-refractivity contribution in [2.24, 2.45) is 0 Å². The van der Waals surface area contributed by atoms with Crippen molar-refractivity contribution in [2.45, 2.75) is 6.92 Å². The molecule has 1 N–H and O–H groups in total. The van der Waals surface area contributed by atoms with E-state index in [1.54, 1.807) is 13.3 Å². The average Bonchev–Trinajstić information content (AvgIpc) is 3.12. The molecule has 4 rings (SSSR count). The van der Waals surface area contributed by atoms with E-state index in [0.29, 0.717) is 11.6 Å². The van der Waals surface area contributed by atoms with Crippen LogP contribution >= 0.6 is 0 Å². The number of imidazole rings is 1. The van der Waals surface area contributed by atoms with Gasteiger partial charge in [-0.3, -0.25) is 4.98 Å². The van der Waals surface area contributed by atoms with Gasteiger partial charge >= 0.3 is 0 Å². The molecule has 0 radical (unpaired) electrons. The van der Waals surface area contributed by atoms with Gasteiger partial charge in [0, 0.05) is 17.5 Å². The van der Waals surface area contributed by atoms with Gasteiger partial charge in [0.25, 0.3) is 0 Å². The van der Waals surface area contributed by atoms with E-state index < -0.39 is 0 Å². The monoisotopic (exact) mass is 280 g/mol. The molecule has 0 aliphatic rings. The predicted octanol–water partition coefficient (Wildman–Crippen LogP) is 3.08. The lowest BCUT2D eigenvalue weighted by atomic mass is 10.2. The molecule has 0 aliphatic carbocycles. The molecular weight excluding hydrogens is 268 g/mol. The van der Waals surface area contributed by atoms with Gasteiger partial charge in [-0.25, -0.2) is 4.98 Å². The second-order valence-corrected chi connectivity index (χ2v) is 4.82. The van der Waals surface area contributed by atoms with Crippen molar-refractivity contribution in [3.63, 3.8) is 0 Å². The molecule has 0 aliphatic heterocycles. The zero-order valence-corrected chi connectivity index (χ0v) is 11.5. The number of fused-ring (bicyclic) bond motifs is 3. The van der Waals surface area contributed by atoms with Crippen molar-refractivity contribution in [3.8, 4) is 17.3 Å². The van der Waals surface area contributed by atoms with Crippen LogP contribution in [-0.4, -0.2) is 27.2 Å². The molecule has 6 heteroatoms. The highest BCUT2D eigenvalue weighted by molar-refractivity contribution is 6.02. The third-order valence-electron chi connectivity index (χ3n) is 3.39. The first-order chi connectivity index (χ1) is 10.2. The fourth-order valence-electron chi connectivity index (χ4n) is 2.36. The summed E-state index contributed by atoms with van der Waals surface area (Å²) < 4.78 is 10.5. The molecule has 104 valence electrons. The zero-order valence-electron chi connectivity index (χ0n) is 11.5. The van der Waals surface area contributed by atoms with E-state index in [2.05, 4.69) is 20.1 Å². The van der Waals surface area contributed by atoms with Gasteiger partial charge in [-0.05, 0) is 19.1 Å². The lowest BCUT2D eigenvalue weighted by Gasteiger charge is -2.01. The van der Waals surface area contributed by atoms with Gasteiger partial charge in [-0.2, -0.15) is 0 Å². The topological polar surface area (TPSA) is 76.8 Å². The Bertz CT molecular complexity index is 955. The maximum absolute atomic E-state index is 5.24. The fourth-order valence-corrected chi connectivity index (χ4v) is 2.36. The predicted molar refractivity (Wildman–Crippen MR) is 78.2 cm³/mol. The van der Waals surface area contributed by atoms with Gasteiger partial charge in [0.2, 0.25) is 5.76 Å². The Labute approximate surface area is 119 Å². The van der Waals surface area contributed by atoms with Gasteiger partial charge in [-0.1, -0.05) is 5.16 Å². The molecule has 3 aromatic heterocycles. The third kappa shape index (κ3) is 1.84. The van der Waals surface area contributed by atoms with E-state index in [1.165, 1.54) is 0 Å². The first-order valence-electron chi connectivity index (χ1n) is 6.51. The van der Waals surface area contributed by atoms with Crippen LogP contribution in [0.4, 0.5) is 0 Å². The van der Waals surface area contributed by atoms with Crippen LogP contribution in [0.3, 0.4) is 0 Å². The number of hydrogen-bond donors (Lipinski definition) is 1. The molecule has 0 amide bonds. The van der Waals surface area contributed by atoms with E-state index >= 15 is 0 Å². The first-order valence-corrected chi connectivity index (χ1v) is 6.51. The molecule has 0 atom stereocenters. The summed E-state index contributed by atoms with van der Waals surface area (Å²) in [6.45, 7) is 1.87. The van der Waals surface area contributed by atoms with Gasteiger partial charge in [-0.15, -0.1) is 0 Å². The number of rotatable bonds is 2. The molecule has 0 saturated carbocycles. The minimum Gasteiger partial charge on any atom is -0.497 e. The van der Waals surface area contributed by atoms with Crippen molar-refractivity contribution in [1.82, 2.24) is 20.1 Å². The molecule has 0 unspecified atom stereocenters. The number of nitrogens with zero attached hydrogens (tertiary/aromatic N) is 3. The number of aromatic nitrogens is 4. The molecular formula is C15H12N4O2. The van der Waals surface area contributed by atoms with Crippen LogP contribution in [0, 0.1) is 6.92 Å². The van der Waals surface area contributed by atoms with E-state index in [1.807, 2.05) is 31.2 Å². The summed E-state index contributed by atoms with van der Waals surface area (Å²) in [7, 11) is 1.64. The Morgan fingerprint density at radius 1 is 1.24 bits per heavy atom. The highest BCUT2D eigenvalue weighted by Gasteiger charge is 2.12. The number of benzene rings is 1. The zero-order chi connectivity index (χ0) is 14.4. The van der Waals surface area contributed by atoms with Crippen LogP contribution in [0.15, 0.2) is 35.0 Å². The standard InChI is InChI=1S/C15H12N4O2/c1-8-5-13(21-19-8)15-17-12-7-16-11-6-9(20-2)3-4-10(11)14(12)18-15/h3-7H,1-2H3,(H,17,18). The molecule has 0 fully saturated rings. The Hall–Kier alpha value is -2.89. The Kier molecular flexibility index (Phi) is 2.44. The summed E-state index contributed by atoms with van der Waals surface area (Å²) in [5, 5.41) is 4.85. The summed E-state index contributed by atoms with van der Waals surface area (Å²) in [6, 6.07) is 7.59. The van der Waals surface area contributed by atoms with Gasteiger partial charge in [0.05, 0.1) is 30.0 Å². The Balaban J connectivity index is 1.96. The van der Waals surface area contributed by atoms with E-state index in [0.717, 1.165) is 33.4 Å². The number of aromatic amines is 1. The van der Waals surface area contributed by atoms with Crippen LogP contribution in [0.5, 0.6) is 5.75 Å². The van der Waals surface area contributed by atoms with Gasteiger partial charge in [0.15, 0.2) is 5.82 Å². The number of hydrogen-bond acceptors (Lipinski definition) is 5. The van der Waals surface area contributed by atoms with E-state index in [9.17, 15) is 0 Å². The molecule has 0 saturated heterocycles. The minimum absolute atomic E-state index is 0.616. The van der Waals surface area contributed by atoms with Crippen LogP contribution in [0.1, 0.15) is 5.69 Å². The number of H-pyrrole nitrogens is 1. The molecule has 0 bridgehead atoms. The van der Waals surface area contributed by atoms with Crippen LogP contribution < -0.4 is 4.74 Å². The normalized spacial score (nSPS) is 11.3. The maximum Gasteiger partial charge on any atom is 0.202 e. The minimum atomic E-state index is 0.616. The van der Waals surface area contributed by atoms with Crippen molar-refractivity contribution in [3.05, 3.63) is 36.2 Å². The molecule has 0 spiro atoms. The van der Waals surface area contributed by atoms with Crippen molar-refractivity contribution >= 4 is 21.9 Å². The summed E-state index contributed by atoms with van der Waals surface area (Å²) in [4.78, 5) is 12.2. The van der Waals surface area contributed by atoms with E-state index in [4.69, 9.17) is 9.26 Å². The Morgan fingerprint density at radius 2 is 2.14 bits per heavy atom. The lowest BCUT2D eigenvalue weighted by molar-refractivity contribution is 0.415. The maximum atomic E-state index is 5.24. The third-order valence-corrected chi connectivity index (χ3v) is 3.39. The first kappa shape index (κ1) is 11.9. The fraction of sp³-hybridized carbons (Fsp3) is 0.133. The average molecular weight is 280 g/mol. The summed E-state index contributed by atoms with van der Waals surface area (Å²) in [5.74, 6) is 2.04. The highest BCUT2D eigenvalue weighted by Crippen LogP contribution is 2.27. The quantitative estimate of drug-likeness (QED) is 0.610. The molecule has 21 heavy (non-hydrogen) atoms. The van der Waals surface area contributed by atoms with Gasteiger partial charge < -0.3 is 14.2 Å². The summed E-state index contributed by atoms with van der Waals surface area (Å²) >= 11 is 0. The number of nitrogens with one attached hydrogen (secondary N) is 1. The Morgan fingerprint density at radius 3 is 2.90 bits per heavy atom. The second kappa shape index (κ2) is 4.31. The molecule has 1 aromatic carbocycles. The SMILES string of the molecule is COc1ccc2c(c1)ncc1[nH]c(-c3cc(C)no3)nc12. The lowest BCUT2D eigenvalue weighted by Crippen LogP contribution is -1.85. The van der Waals surface area contributed by atoms with Crippen LogP contribution in [0.25, 0.3) is 33.5 Å². The van der Waals surface area contributed by atoms with E-state index in [-0.39, 0.29) is 0 Å². The smallest absolute Gasteiger partial charge is 0.202 e. The van der Waals surface area contributed by atoms with Crippen molar-refractivity contribution < 1.29 is 9.26 Å². The molecule has 6 nitrogen and oxygen atoms in total.